The first-order valence-corrected chi connectivity index (χ1v) is 10.0. The second kappa shape index (κ2) is 7.39. The predicted molar refractivity (Wildman–Crippen MR) is 100 cm³/mol. The van der Waals surface area contributed by atoms with Gasteiger partial charge in [-0.3, -0.25) is 9.59 Å². The molecule has 5 heteroatoms. The van der Waals surface area contributed by atoms with E-state index in [4.69, 9.17) is 5.73 Å². The highest BCUT2D eigenvalue weighted by atomic mass is 16.2. The van der Waals surface area contributed by atoms with E-state index < -0.39 is 0 Å². The Labute approximate surface area is 155 Å². The van der Waals surface area contributed by atoms with Gasteiger partial charge >= 0.3 is 0 Å². The minimum Gasteiger partial charge on any atom is -0.352 e. The van der Waals surface area contributed by atoms with E-state index in [0.717, 1.165) is 32.4 Å². The molecular formula is C21H29N3O2. The number of carbonyl (C=O) groups excluding carboxylic acids is 2. The number of benzene rings is 1. The SMILES string of the molecule is NC1C2CCC(C2)C1C(=O)N1CCCC(CNC(=O)c2ccccc2)C1. The van der Waals surface area contributed by atoms with Gasteiger partial charge in [-0.25, -0.2) is 0 Å². The van der Waals surface area contributed by atoms with Crippen LogP contribution < -0.4 is 11.1 Å². The maximum atomic E-state index is 13.1. The van der Waals surface area contributed by atoms with Gasteiger partial charge in [-0.15, -0.1) is 0 Å². The smallest absolute Gasteiger partial charge is 0.251 e. The van der Waals surface area contributed by atoms with E-state index in [-0.39, 0.29) is 23.8 Å². The molecule has 2 saturated carbocycles. The zero-order valence-electron chi connectivity index (χ0n) is 15.3. The van der Waals surface area contributed by atoms with Crippen molar-refractivity contribution in [1.82, 2.24) is 10.2 Å². The van der Waals surface area contributed by atoms with E-state index in [1.165, 1.54) is 12.8 Å². The lowest BCUT2D eigenvalue weighted by Gasteiger charge is -2.37. The van der Waals surface area contributed by atoms with Gasteiger partial charge in [-0.05, 0) is 62.0 Å². The molecule has 4 rings (SSSR count). The third-order valence-electron chi connectivity index (χ3n) is 6.68. The van der Waals surface area contributed by atoms with Crippen LogP contribution in [0.4, 0.5) is 0 Å². The topological polar surface area (TPSA) is 75.4 Å². The van der Waals surface area contributed by atoms with Crippen LogP contribution in [-0.4, -0.2) is 42.4 Å². The number of carbonyl (C=O) groups is 2. The molecule has 1 aromatic rings. The third kappa shape index (κ3) is 3.37. The Morgan fingerprint density at radius 1 is 1.12 bits per heavy atom. The Kier molecular flexibility index (Phi) is 4.98. The van der Waals surface area contributed by atoms with E-state index >= 15 is 0 Å². The quantitative estimate of drug-likeness (QED) is 0.868. The van der Waals surface area contributed by atoms with Crippen LogP contribution in [0.5, 0.6) is 0 Å². The average Bonchev–Trinajstić information content (AvgIpc) is 3.28. The highest BCUT2D eigenvalue weighted by Gasteiger charge is 2.50. The first-order valence-electron chi connectivity index (χ1n) is 10.0. The summed E-state index contributed by atoms with van der Waals surface area (Å²) in [5.74, 6) is 1.65. The monoisotopic (exact) mass is 355 g/mol. The summed E-state index contributed by atoms with van der Waals surface area (Å²) in [4.78, 5) is 27.3. The molecule has 5 unspecified atom stereocenters. The molecule has 140 valence electrons. The predicted octanol–water partition coefficient (Wildman–Crippen LogP) is 2.03. The fourth-order valence-corrected chi connectivity index (χ4v) is 5.27. The van der Waals surface area contributed by atoms with E-state index in [1.54, 1.807) is 0 Å². The van der Waals surface area contributed by atoms with Crippen molar-refractivity contribution >= 4 is 11.8 Å². The molecule has 1 saturated heterocycles. The van der Waals surface area contributed by atoms with Crippen LogP contribution in [-0.2, 0) is 4.79 Å². The van der Waals surface area contributed by atoms with Crippen molar-refractivity contribution in [2.75, 3.05) is 19.6 Å². The van der Waals surface area contributed by atoms with E-state index in [1.807, 2.05) is 35.2 Å². The Hall–Kier alpha value is -1.88. The first-order chi connectivity index (χ1) is 12.6. The highest BCUT2D eigenvalue weighted by molar-refractivity contribution is 5.94. The van der Waals surface area contributed by atoms with Gasteiger partial charge in [0, 0.05) is 31.2 Å². The highest BCUT2D eigenvalue weighted by Crippen LogP contribution is 2.48. The number of likely N-dealkylation sites (tertiary alicyclic amines) is 1. The summed E-state index contributed by atoms with van der Waals surface area (Å²) < 4.78 is 0. The number of fused-ring (bicyclic) bond motifs is 2. The number of nitrogens with two attached hydrogens (primary N) is 1. The van der Waals surface area contributed by atoms with Crippen molar-refractivity contribution < 1.29 is 9.59 Å². The van der Waals surface area contributed by atoms with E-state index in [9.17, 15) is 9.59 Å². The maximum absolute atomic E-state index is 13.1. The summed E-state index contributed by atoms with van der Waals surface area (Å²) in [6.07, 6.45) is 5.57. The molecule has 1 aromatic carbocycles. The van der Waals surface area contributed by atoms with Crippen molar-refractivity contribution in [3.63, 3.8) is 0 Å². The number of hydrogen-bond acceptors (Lipinski definition) is 3. The molecule has 26 heavy (non-hydrogen) atoms. The zero-order chi connectivity index (χ0) is 18.1. The number of nitrogens with one attached hydrogen (secondary N) is 1. The molecule has 1 aliphatic heterocycles. The summed E-state index contributed by atoms with van der Waals surface area (Å²) in [5, 5.41) is 3.03. The first kappa shape index (κ1) is 17.5. The van der Waals surface area contributed by atoms with Crippen LogP contribution in [0.2, 0.25) is 0 Å². The van der Waals surface area contributed by atoms with Gasteiger partial charge < -0.3 is 16.0 Å². The summed E-state index contributed by atoms with van der Waals surface area (Å²) in [7, 11) is 0. The molecule has 2 aliphatic carbocycles. The van der Waals surface area contributed by atoms with E-state index in [0.29, 0.717) is 29.9 Å². The number of hydrogen-bond donors (Lipinski definition) is 2. The summed E-state index contributed by atoms with van der Waals surface area (Å²) in [6.45, 7) is 2.21. The summed E-state index contributed by atoms with van der Waals surface area (Å²) in [5.41, 5.74) is 7.05. The Morgan fingerprint density at radius 3 is 2.62 bits per heavy atom. The normalized spacial score (nSPS) is 33.3. The van der Waals surface area contributed by atoms with Crippen LogP contribution in [0.1, 0.15) is 42.5 Å². The summed E-state index contributed by atoms with van der Waals surface area (Å²) in [6, 6.07) is 9.34. The molecule has 3 fully saturated rings. The zero-order valence-corrected chi connectivity index (χ0v) is 15.3. The van der Waals surface area contributed by atoms with Crippen molar-refractivity contribution in [3.05, 3.63) is 35.9 Å². The lowest BCUT2D eigenvalue weighted by atomic mass is 9.83. The van der Waals surface area contributed by atoms with Crippen molar-refractivity contribution in [2.45, 2.75) is 38.1 Å². The molecule has 2 bridgehead atoms. The number of rotatable bonds is 4. The number of piperidine rings is 1. The number of amides is 2. The largest absolute Gasteiger partial charge is 0.352 e. The average molecular weight is 355 g/mol. The van der Waals surface area contributed by atoms with Crippen LogP contribution in [0.25, 0.3) is 0 Å². The van der Waals surface area contributed by atoms with Gasteiger partial charge in [0.15, 0.2) is 0 Å². The van der Waals surface area contributed by atoms with Crippen LogP contribution >= 0.6 is 0 Å². The Balaban J connectivity index is 1.31. The van der Waals surface area contributed by atoms with Crippen molar-refractivity contribution in [1.29, 1.82) is 0 Å². The van der Waals surface area contributed by atoms with Gasteiger partial charge in [-0.1, -0.05) is 18.2 Å². The fourth-order valence-electron chi connectivity index (χ4n) is 5.27. The van der Waals surface area contributed by atoms with Crippen LogP contribution in [0.3, 0.4) is 0 Å². The minimum atomic E-state index is -0.0378. The van der Waals surface area contributed by atoms with Gasteiger partial charge in [0.2, 0.25) is 5.91 Å². The molecule has 1 heterocycles. The standard InChI is InChI=1S/C21H29N3O2/c22-19-17-9-8-16(11-17)18(19)21(26)24-10-4-5-14(13-24)12-23-20(25)15-6-2-1-3-7-15/h1-3,6-7,14,16-19H,4-5,8-13,22H2,(H,23,25). The fraction of sp³-hybridized carbons (Fsp3) is 0.619. The lowest BCUT2D eigenvalue weighted by molar-refractivity contribution is -0.139. The molecule has 0 spiro atoms. The molecule has 3 aliphatic rings. The van der Waals surface area contributed by atoms with Gasteiger partial charge in [0.05, 0.1) is 5.92 Å². The molecule has 0 aromatic heterocycles. The van der Waals surface area contributed by atoms with Crippen LogP contribution in [0, 0.1) is 23.7 Å². The van der Waals surface area contributed by atoms with Gasteiger partial charge in [0.1, 0.15) is 0 Å². The maximum Gasteiger partial charge on any atom is 0.251 e. The molecule has 5 nitrogen and oxygen atoms in total. The van der Waals surface area contributed by atoms with Crippen LogP contribution in [0.15, 0.2) is 30.3 Å². The van der Waals surface area contributed by atoms with E-state index in [2.05, 4.69) is 5.32 Å². The summed E-state index contributed by atoms with van der Waals surface area (Å²) >= 11 is 0. The second-order valence-electron chi connectivity index (χ2n) is 8.30. The molecule has 2 amide bonds. The van der Waals surface area contributed by atoms with Crippen molar-refractivity contribution in [2.24, 2.45) is 29.4 Å². The minimum absolute atomic E-state index is 0.0337. The molecule has 0 radical (unpaired) electrons. The Morgan fingerprint density at radius 2 is 1.88 bits per heavy atom. The lowest BCUT2D eigenvalue weighted by Crippen LogP contribution is -2.51. The number of nitrogens with zero attached hydrogens (tertiary/aromatic N) is 1. The third-order valence-corrected chi connectivity index (χ3v) is 6.68. The molecule has 3 N–H and O–H groups in total. The van der Waals surface area contributed by atoms with Gasteiger partial charge in [0.25, 0.3) is 5.91 Å². The molecule has 5 atom stereocenters. The van der Waals surface area contributed by atoms with Gasteiger partial charge in [-0.2, -0.15) is 0 Å². The van der Waals surface area contributed by atoms with Crippen molar-refractivity contribution in [3.8, 4) is 0 Å². The second-order valence-corrected chi connectivity index (χ2v) is 8.30. The molecular weight excluding hydrogens is 326 g/mol. The Bertz CT molecular complexity index is 660.